The second kappa shape index (κ2) is 4.25. The van der Waals surface area contributed by atoms with Crippen molar-refractivity contribution in [2.24, 2.45) is 5.73 Å². The van der Waals surface area contributed by atoms with E-state index in [4.69, 9.17) is 11.1 Å². The fourth-order valence-electron chi connectivity index (χ4n) is 1.01. The SMILES string of the molecule is N=C(N)c1cccc(CNC=O)c1. The zero-order valence-electron chi connectivity index (χ0n) is 7.08. The maximum absolute atomic E-state index is 10.0. The lowest BCUT2D eigenvalue weighted by Crippen LogP contribution is -2.13. The first-order chi connectivity index (χ1) is 6.24. The van der Waals surface area contributed by atoms with E-state index in [1.54, 1.807) is 18.2 Å². The molecule has 0 fully saturated rings. The number of amides is 1. The first-order valence-corrected chi connectivity index (χ1v) is 3.84. The molecule has 0 aromatic heterocycles. The number of rotatable bonds is 4. The number of nitrogens with two attached hydrogens (primary N) is 1. The summed E-state index contributed by atoms with van der Waals surface area (Å²) in [7, 11) is 0. The number of benzene rings is 1. The van der Waals surface area contributed by atoms with E-state index < -0.39 is 0 Å². The average molecular weight is 177 g/mol. The third-order valence-electron chi connectivity index (χ3n) is 1.63. The Labute approximate surface area is 76.3 Å². The van der Waals surface area contributed by atoms with Gasteiger partial charge in [0.25, 0.3) is 0 Å². The summed E-state index contributed by atoms with van der Waals surface area (Å²) in [5.41, 5.74) is 6.91. The summed E-state index contributed by atoms with van der Waals surface area (Å²) >= 11 is 0. The van der Waals surface area contributed by atoms with E-state index >= 15 is 0 Å². The number of carbonyl (C=O) groups is 1. The predicted octanol–water partition coefficient (Wildman–Crippen LogP) is 0.217. The summed E-state index contributed by atoms with van der Waals surface area (Å²) in [4.78, 5) is 10.0. The van der Waals surface area contributed by atoms with Gasteiger partial charge in [0.1, 0.15) is 5.84 Å². The second-order valence-corrected chi connectivity index (χ2v) is 2.61. The Morgan fingerprint density at radius 1 is 1.62 bits per heavy atom. The van der Waals surface area contributed by atoms with Crippen molar-refractivity contribution in [1.82, 2.24) is 5.32 Å². The Balaban J connectivity index is 2.79. The molecule has 68 valence electrons. The molecule has 0 aliphatic rings. The van der Waals surface area contributed by atoms with Crippen LogP contribution in [0, 0.1) is 5.41 Å². The number of nitrogens with one attached hydrogen (secondary N) is 2. The highest BCUT2D eigenvalue weighted by Crippen LogP contribution is 2.03. The van der Waals surface area contributed by atoms with Gasteiger partial charge in [-0.1, -0.05) is 18.2 Å². The van der Waals surface area contributed by atoms with Crippen molar-refractivity contribution in [3.8, 4) is 0 Å². The molecule has 4 N–H and O–H groups in total. The van der Waals surface area contributed by atoms with E-state index in [1.807, 2.05) is 6.07 Å². The van der Waals surface area contributed by atoms with Gasteiger partial charge >= 0.3 is 0 Å². The van der Waals surface area contributed by atoms with Gasteiger partial charge in [0.2, 0.25) is 6.41 Å². The fraction of sp³-hybridized carbons (Fsp3) is 0.111. The third-order valence-corrected chi connectivity index (χ3v) is 1.63. The number of carbonyl (C=O) groups excluding carboxylic acids is 1. The molecule has 0 saturated carbocycles. The summed E-state index contributed by atoms with van der Waals surface area (Å²) in [6.45, 7) is 0.463. The van der Waals surface area contributed by atoms with Crippen LogP contribution in [0.4, 0.5) is 0 Å². The summed E-state index contributed by atoms with van der Waals surface area (Å²) in [5, 5.41) is 9.74. The molecule has 1 aromatic rings. The first-order valence-electron chi connectivity index (χ1n) is 3.84. The molecule has 4 heteroatoms. The summed E-state index contributed by atoms with van der Waals surface area (Å²) in [6, 6.07) is 7.20. The zero-order valence-corrected chi connectivity index (χ0v) is 7.08. The van der Waals surface area contributed by atoms with Gasteiger partial charge in [0.15, 0.2) is 0 Å². The quantitative estimate of drug-likeness (QED) is 0.349. The van der Waals surface area contributed by atoms with Gasteiger partial charge in [0, 0.05) is 12.1 Å². The van der Waals surface area contributed by atoms with E-state index in [9.17, 15) is 4.79 Å². The Hall–Kier alpha value is -1.84. The van der Waals surface area contributed by atoms with E-state index in [-0.39, 0.29) is 5.84 Å². The van der Waals surface area contributed by atoms with Gasteiger partial charge < -0.3 is 11.1 Å². The molecule has 0 aliphatic heterocycles. The molecule has 0 saturated heterocycles. The smallest absolute Gasteiger partial charge is 0.207 e. The monoisotopic (exact) mass is 177 g/mol. The summed E-state index contributed by atoms with van der Waals surface area (Å²) in [5.74, 6) is 0.0351. The van der Waals surface area contributed by atoms with Crippen molar-refractivity contribution in [2.45, 2.75) is 6.54 Å². The van der Waals surface area contributed by atoms with Crippen molar-refractivity contribution >= 4 is 12.2 Å². The molecule has 1 aromatic carbocycles. The standard InChI is InChI=1S/C9H11N3O/c10-9(11)8-3-1-2-7(4-8)5-12-6-13/h1-4,6H,5H2,(H3,10,11)(H,12,13). The van der Waals surface area contributed by atoms with Gasteiger partial charge in [-0.05, 0) is 11.6 Å². The number of amidine groups is 1. The highest BCUT2D eigenvalue weighted by Gasteiger charge is 1.97. The molecule has 0 aliphatic carbocycles. The van der Waals surface area contributed by atoms with Crippen molar-refractivity contribution in [3.63, 3.8) is 0 Å². The van der Waals surface area contributed by atoms with Crippen LogP contribution in [0.5, 0.6) is 0 Å². The van der Waals surface area contributed by atoms with Crippen molar-refractivity contribution in [1.29, 1.82) is 5.41 Å². The zero-order chi connectivity index (χ0) is 9.68. The molecule has 4 nitrogen and oxygen atoms in total. The van der Waals surface area contributed by atoms with Crippen LogP contribution in [0.15, 0.2) is 24.3 Å². The minimum Gasteiger partial charge on any atom is -0.384 e. The van der Waals surface area contributed by atoms with Gasteiger partial charge in [-0.3, -0.25) is 10.2 Å². The molecule has 1 amide bonds. The highest BCUT2D eigenvalue weighted by atomic mass is 16.1. The van der Waals surface area contributed by atoms with Crippen LogP contribution in [0.25, 0.3) is 0 Å². The Bertz CT molecular complexity index is 322. The molecule has 0 radical (unpaired) electrons. The summed E-state index contributed by atoms with van der Waals surface area (Å²) < 4.78 is 0. The van der Waals surface area contributed by atoms with Crippen LogP contribution >= 0.6 is 0 Å². The molecule has 0 spiro atoms. The Morgan fingerprint density at radius 2 is 2.38 bits per heavy atom. The highest BCUT2D eigenvalue weighted by molar-refractivity contribution is 5.95. The van der Waals surface area contributed by atoms with Gasteiger partial charge in [0.05, 0.1) is 0 Å². The Morgan fingerprint density at radius 3 is 3.00 bits per heavy atom. The molecular weight excluding hydrogens is 166 g/mol. The average Bonchev–Trinajstić information content (AvgIpc) is 2.15. The lowest BCUT2D eigenvalue weighted by molar-refractivity contribution is -0.109. The molecule has 13 heavy (non-hydrogen) atoms. The number of hydrogen-bond acceptors (Lipinski definition) is 2. The van der Waals surface area contributed by atoms with E-state index in [0.717, 1.165) is 5.56 Å². The molecule has 0 heterocycles. The van der Waals surface area contributed by atoms with Gasteiger partial charge in [-0.25, -0.2) is 0 Å². The van der Waals surface area contributed by atoms with Crippen molar-refractivity contribution in [2.75, 3.05) is 0 Å². The number of nitrogen functional groups attached to an aromatic ring is 1. The van der Waals surface area contributed by atoms with Crippen molar-refractivity contribution in [3.05, 3.63) is 35.4 Å². The fourth-order valence-corrected chi connectivity index (χ4v) is 1.01. The number of hydrogen-bond donors (Lipinski definition) is 3. The lowest BCUT2D eigenvalue weighted by Gasteiger charge is -2.02. The van der Waals surface area contributed by atoms with E-state index in [0.29, 0.717) is 18.5 Å². The van der Waals surface area contributed by atoms with E-state index in [1.165, 1.54) is 0 Å². The topological polar surface area (TPSA) is 79.0 Å². The van der Waals surface area contributed by atoms with Crippen LogP contribution < -0.4 is 11.1 Å². The molecule has 0 bridgehead atoms. The lowest BCUT2D eigenvalue weighted by atomic mass is 10.1. The normalized spacial score (nSPS) is 9.23. The maximum atomic E-state index is 10.0. The first kappa shape index (κ1) is 9.25. The van der Waals surface area contributed by atoms with Gasteiger partial charge in [-0.15, -0.1) is 0 Å². The van der Waals surface area contributed by atoms with Crippen LogP contribution in [0.1, 0.15) is 11.1 Å². The van der Waals surface area contributed by atoms with Crippen LogP contribution in [0.3, 0.4) is 0 Å². The third kappa shape index (κ3) is 2.59. The minimum atomic E-state index is 0.0351. The molecular formula is C9H11N3O. The maximum Gasteiger partial charge on any atom is 0.207 e. The predicted molar refractivity (Wildman–Crippen MR) is 50.4 cm³/mol. The summed E-state index contributed by atoms with van der Waals surface area (Å²) in [6.07, 6.45) is 0.639. The minimum absolute atomic E-state index is 0.0351. The second-order valence-electron chi connectivity index (χ2n) is 2.61. The van der Waals surface area contributed by atoms with Crippen LogP contribution in [-0.2, 0) is 11.3 Å². The Kier molecular flexibility index (Phi) is 3.03. The van der Waals surface area contributed by atoms with Crippen LogP contribution in [-0.4, -0.2) is 12.2 Å². The largest absolute Gasteiger partial charge is 0.384 e. The molecule has 0 unspecified atom stereocenters. The van der Waals surface area contributed by atoms with Gasteiger partial charge in [-0.2, -0.15) is 0 Å². The molecule has 0 atom stereocenters. The molecule has 1 rings (SSSR count). The van der Waals surface area contributed by atoms with Crippen LogP contribution in [0.2, 0.25) is 0 Å². The van der Waals surface area contributed by atoms with Crippen molar-refractivity contribution < 1.29 is 4.79 Å². The van der Waals surface area contributed by atoms with E-state index in [2.05, 4.69) is 5.32 Å².